The summed E-state index contributed by atoms with van der Waals surface area (Å²) < 4.78 is 29.8. The molecule has 10 N–H and O–H groups in total. The molecular weight excluding hydrogens is 518 g/mol. The second-order valence-corrected chi connectivity index (χ2v) is 10.8. The van der Waals surface area contributed by atoms with Gasteiger partial charge in [0.1, 0.15) is 12.1 Å². The topological polar surface area (TPSA) is 200 Å². The first-order valence-corrected chi connectivity index (χ1v) is 12.8. The summed E-state index contributed by atoms with van der Waals surface area (Å²) in [6.45, 7) is -0.298. The highest BCUT2D eigenvalue weighted by molar-refractivity contribution is 6.02. The van der Waals surface area contributed by atoms with Crippen LogP contribution in [0.1, 0.15) is 40.7 Å². The van der Waals surface area contributed by atoms with E-state index in [0.717, 1.165) is 4.90 Å². The van der Waals surface area contributed by atoms with Crippen molar-refractivity contribution in [1.82, 2.24) is 20.9 Å². The fourth-order valence-electron chi connectivity index (χ4n) is 6.61. The number of carbonyl (C=O) groups is 3. The van der Waals surface area contributed by atoms with Crippen molar-refractivity contribution in [3.8, 4) is 0 Å². The maximum Gasteiger partial charge on any atom is 0.347 e. The Kier molecular flexibility index (Phi) is 5.43. The molecule has 0 radical (unpaired) electrons. The van der Waals surface area contributed by atoms with Crippen LogP contribution < -0.4 is 32.4 Å². The summed E-state index contributed by atoms with van der Waals surface area (Å²) >= 11 is 0. The molecular formula is C24H30F2N8O5+2. The normalized spacial score (nSPS) is 32.2. The monoisotopic (exact) mass is 548 g/mol. The fourth-order valence-corrected chi connectivity index (χ4v) is 6.61. The first kappa shape index (κ1) is 25.4. The number of alkyl halides is 2. The lowest BCUT2D eigenvalue weighted by Gasteiger charge is -2.41. The summed E-state index contributed by atoms with van der Waals surface area (Å²) in [7, 11) is 0. The van der Waals surface area contributed by atoms with E-state index in [0.29, 0.717) is 5.56 Å². The van der Waals surface area contributed by atoms with Gasteiger partial charge >= 0.3 is 11.9 Å². The summed E-state index contributed by atoms with van der Waals surface area (Å²) in [5.41, 5.74) is 11.4. The van der Waals surface area contributed by atoms with Gasteiger partial charge in [-0.1, -0.05) is 12.1 Å². The molecule has 0 aromatic heterocycles. The molecule has 15 heteroatoms. The molecule has 1 spiro atoms. The smallest absolute Gasteiger partial charge is 0.347 e. The highest BCUT2D eigenvalue weighted by Gasteiger charge is 2.78. The van der Waals surface area contributed by atoms with Crippen LogP contribution in [0.3, 0.4) is 0 Å². The number of halogens is 2. The lowest BCUT2D eigenvalue weighted by atomic mass is 9.84. The molecule has 0 bridgehead atoms. The molecule has 39 heavy (non-hydrogen) atoms. The van der Waals surface area contributed by atoms with Gasteiger partial charge in [0.15, 0.2) is 6.04 Å². The zero-order valence-electron chi connectivity index (χ0n) is 20.8. The Balaban J connectivity index is 1.31. The molecule has 1 aliphatic carbocycles. The Morgan fingerprint density at radius 2 is 1.92 bits per heavy atom. The maximum absolute atomic E-state index is 14.2. The molecule has 4 aliphatic heterocycles. The minimum Gasteiger partial charge on any atom is -0.358 e. The van der Waals surface area contributed by atoms with Crippen molar-refractivity contribution < 1.29 is 42.9 Å². The molecule has 2 fully saturated rings. The van der Waals surface area contributed by atoms with Crippen molar-refractivity contribution >= 4 is 29.6 Å². The van der Waals surface area contributed by atoms with Crippen molar-refractivity contribution in [3.05, 3.63) is 34.9 Å². The van der Waals surface area contributed by atoms with Gasteiger partial charge in [-0.15, -0.1) is 0 Å². The average molecular weight is 549 g/mol. The molecule has 1 aromatic rings. The van der Waals surface area contributed by atoms with E-state index in [-0.39, 0.29) is 73.6 Å². The first-order chi connectivity index (χ1) is 18.3. The summed E-state index contributed by atoms with van der Waals surface area (Å²) in [5, 5.41) is 31.7. The average Bonchev–Trinajstić information content (AvgIpc) is 3.46. The quantitative estimate of drug-likeness (QED) is 0.103. The van der Waals surface area contributed by atoms with Crippen LogP contribution in [0.25, 0.3) is 0 Å². The van der Waals surface area contributed by atoms with E-state index in [1.54, 1.807) is 12.1 Å². The number of nitrogens with one attached hydrogen (secondary N) is 4. The summed E-state index contributed by atoms with van der Waals surface area (Å²) in [6, 6.07) is 1.69. The number of nitrogens with zero attached hydrogens (tertiary/aromatic N) is 2. The van der Waals surface area contributed by atoms with Crippen molar-refractivity contribution in [2.75, 3.05) is 13.1 Å². The number of hydrogen-bond donors (Lipinski definition) is 8. The number of aryl methyl sites for hydroxylation is 1. The number of likely N-dealkylation sites (tertiary alicyclic amines) is 1. The Morgan fingerprint density at radius 1 is 1.21 bits per heavy atom. The zero-order valence-corrected chi connectivity index (χ0v) is 20.8. The number of fused-ring (bicyclic) bond motifs is 1. The highest BCUT2D eigenvalue weighted by Crippen LogP contribution is 2.39. The number of aliphatic hydroxyl groups is 2. The summed E-state index contributed by atoms with van der Waals surface area (Å²) in [4.78, 5) is 42.0. The van der Waals surface area contributed by atoms with Gasteiger partial charge in [-0.05, 0) is 23.6 Å². The molecule has 4 atom stereocenters. The van der Waals surface area contributed by atoms with E-state index in [1.807, 2.05) is 0 Å². The molecule has 2 unspecified atom stereocenters. The van der Waals surface area contributed by atoms with Crippen LogP contribution in [0.2, 0.25) is 0 Å². The predicted octanol–water partition coefficient (Wildman–Crippen LogP) is -4.89. The third-order valence-electron chi connectivity index (χ3n) is 8.50. The van der Waals surface area contributed by atoms with Crippen molar-refractivity contribution in [1.29, 1.82) is 0 Å². The van der Waals surface area contributed by atoms with Crippen LogP contribution in [0.5, 0.6) is 0 Å². The van der Waals surface area contributed by atoms with E-state index in [4.69, 9.17) is 11.5 Å². The van der Waals surface area contributed by atoms with Gasteiger partial charge in [-0.2, -0.15) is 0 Å². The number of rotatable bonds is 4. The predicted molar refractivity (Wildman–Crippen MR) is 129 cm³/mol. The molecule has 5 aliphatic rings. The number of amides is 3. The summed E-state index contributed by atoms with van der Waals surface area (Å²) in [5.74, 6) is -7.11. The standard InChI is InChI=1S/C24H28F2N8O5/c25-22(26)7-6-11-2-1-3-12(13(11)8-22)19(37)30-15-10-34-21(28)29-14(9-33-16(35)4-5-17(33)36)18-23(34,24(15,38)39)32-20(27)31-18/h1-3,14-15,18,38-39H,4-10H2,(H6,27,28,29,30,31,32,37)/p+2/t14-,15?,18-,23?/m0/s1. The van der Waals surface area contributed by atoms with Gasteiger partial charge in [0.25, 0.3) is 23.3 Å². The lowest BCUT2D eigenvalue weighted by molar-refractivity contribution is -0.674. The van der Waals surface area contributed by atoms with Crippen LogP contribution in [0, 0.1) is 0 Å². The van der Waals surface area contributed by atoms with Crippen molar-refractivity contribution in [2.45, 2.75) is 67.6 Å². The zero-order chi connectivity index (χ0) is 27.9. The second-order valence-electron chi connectivity index (χ2n) is 10.8. The van der Waals surface area contributed by atoms with Gasteiger partial charge in [0, 0.05) is 31.2 Å². The van der Waals surface area contributed by atoms with Crippen LogP contribution in [0.4, 0.5) is 8.78 Å². The van der Waals surface area contributed by atoms with Gasteiger partial charge < -0.3 is 15.5 Å². The fraction of sp³-hybridized carbons (Fsp3) is 0.542. The van der Waals surface area contributed by atoms with Gasteiger partial charge in [-0.25, -0.2) is 18.7 Å². The Labute approximate surface area is 220 Å². The maximum atomic E-state index is 14.2. The van der Waals surface area contributed by atoms with E-state index >= 15 is 0 Å². The number of guanidine groups is 2. The largest absolute Gasteiger partial charge is 0.358 e. The number of nitrogens with two attached hydrogens (primary N) is 2. The van der Waals surface area contributed by atoms with Crippen LogP contribution in [-0.4, -0.2) is 97.9 Å². The molecule has 1 aromatic carbocycles. The van der Waals surface area contributed by atoms with Gasteiger partial charge in [-0.3, -0.25) is 41.1 Å². The minimum atomic E-state index is -2.95. The number of carbonyl (C=O) groups excluding carboxylic acids is 3. The van der Waals surface area contributed by atoms with E-state index in [2.05, 4.69) is 20.9 Å². The Morgan fingerprint density at radius 3 is 2.64 bits per heavy atom. The third kappa shape index (κ3) is 3.66. The van der Waals surface area contributed by atoms with E-state index in [9.17, 15) is 33.4 Å². The van der Waals surface area contributed by atoms with Crippen LogP contribution in [0.15, 0.2) is 18.2 Å². The van der Waals surface area contributed by atoms with E-state index < -0.39 is 47.8 Å². The number of hydrogen-bond acceptors (Lipinski definition) is 9. The van der Waals surface area contributed by atoms with Crippen LogP contribution >= 0.6 is 0 Å². The second kappa shape index (κ2) is 8.32. The molecule has 4 heterocycles. The number of benzene rings is 1. The van der Waals surface area contributed by atoms with Gasteiger partial charge in [0.2, 0.25) is 11.8 Å². The Hall–Kier alpha value is -3.85. The SMILES string of the molecule is NC1=[NH+][C@H]2[C@H](CN3C(=O)CCC3=O)NC(N)=[N+]3CC(NC(=O)c4cccc5c4CC(F)(F)CC5)C(O)(O)C23N1. The molecule has 3 amide bonds. The van der Waals surface area contributed by atoms with Crippen molar-refractivity contribution in [2.24, 2.45) is 11.5 Å². The van der Waals surface area contributed by atoms with Crippen LogP contribution in [-0.2, 0) is 22.4 Å². The van der Waals surface area contributed by atoms with Gasteiger partial charge in [0.05, 0.1) is 13.1 Å². The first-order valence-electron chi connectivity index (χ1n) is 12.8. The van der Waals surface area contributed by atoms with Crippen molar-refractivity contribution in [3.63, 3.8) is 0 Å². The minimum absolute atomic E-state index is 0.000279. The third-order valence-corrected chi connectivity index (χ3v) is 8.50. The lowest BCUT2D eigenvalue weighted by Crippen LogP contribution is -2.92. The molecule has 2 saturated heterocycles. The molecule has 208 valence electrons. The van der Waals surface area contributed by atoms with E-state index in [1.165, 1.54) is 10.6 Å². The summed E-state index contributed by atoms with van der Waals surface area (Å²) in [6.07, 6.45) is -0.604. The number of imide groups is 1. The molecule has 13 nitrogen and oxygen atoms in total. The Bertz CT molecular complexity index is 1350. The molecule has 6 rings (SSSR count). The highest BCUT2D eigenvalue weighted by atomic mass is 19.3. The molecule has 0 saturated carbocycles.